The molecule has 5 nitrogen and oxygen atoms in total. The van der Waals surface area contributed by atoms with Crippen LogP contribution < -0.4 is 0 Å². The maximum atomic E-state index is 10.6. The summed E-state index contributed by atoms with van der Waals surface area (Å²) in [5.74, 6) is -0.815. The average Bonchev–Trinajstić information content (AvgIpc) is 2.83. The van der Waals surface area contributed by atoms with E-state index in [1.165, 1.54) is 11.8 Å². The van der Waals surface area contributed by atoms with Crippen molar-refractivity contribution in [2.45, 2.75) is 25.5 Å². The minimum absolute atomic E-state index is 0.0212. The number of aliphatic carboxylic acids is 1. The third-order valence-electron chi connectivity index (χ3n) is 2.16. The van der Waals surface area contributed by atoms with Crippen molar-refractivity contribution in [2.24, 2.45) is 0 Å². The van der Waals surface area contributed by atoms with Crippen LogP contribution in [0.5, 0.6) is 0 Å². The molecule has 96 valence electrons. The van der Waals surface area contributed by atoms with Gasteiger partial charge in [-0.2, -0.15) is 0 Å². The molecule has 18 heavy (non-hydrogen) atoms. The molecule has 0 saturated carbocycles. The van der Waals surface area contributed by atoms with Crippen molar-refractivity contribution in [3.8, 4) is 0 Å². The smallest absolute Gasteiger partial charge is 0.313 e. The van der Waals surface area contributed by atoms with E-state index in [9.17, 15) is 4.79 Å². The van der Waals surface area contributed by atoms with Gasteiger partial charge in [-0.25, -0.2) is 9.97 Å². The van der Waals surface area contributed by atoms with Gasteiger partial charge in [0.05, 0.1) is 18.0 Å². The lowest BCUT2D eigenvalue weighted by molar-refractivity contribution is -0.133. The highest BCUT2D eigenvalue weighted by Gasteiger charge is 2.10. The van der Waals surface area contributed by atoms with Crippen molar-refractivity contribution in [1.29, 1.82) is 0 Å². The number of aryl methyl sites for hydroxylation is 2. The maximum absolute atomic E-state index is 10.6. The Morgan fingerprint density at radius 2 is 2.22 bits per heavy atom. The van der Waals surface area contributed by atoms with E-state index < -0.39 is 5.97 Å². The molecule has 0 aliphatic carbocycles. The number of nitrogens with zero attached hydrogens (tertiary/aromatic N) is 3. The lowest BCUT2D eigenvalue weighted by atomic mass is 10.5. The van der Waals surface area contributed by atoms with Crippen LogP contribution in [0.2, 0.25) is 0 Å². The van der Waals surface area contributed by atoms with Crippen LogP contribution in [-0.4, -0.2) is 31.4 Å². The summed E-state index contributed by atoms with van der Waals surface area (Å²) in [6, 6.07) is 0. The third-order valence-corrected chi connectivity index (χ3v) is 4.08. The first-order valence-electron chi connectivity index (χ1n) is 5.34. The van der Waals surface area contributed by atoms with Gasteiger partial charge in [-0.05, 0) is 13.8 Å². The van der Waals surface area contributed by atoms with Crippen LogP contribution in [0, 0.1) is 13.8 Å². The quantitative estimate of drug-likeness (QED) is 0.852. The molecule has 2 aromatic heterocycles. The highest BCUT2D eigenvalue weighted by molar-refractivity contribution is 7.99. The summed E-state index contributed by atoms with van der Waals surface area (Å²) in [7, 11) is 0. The van der Waals surface area contributed by atoms with Crippen molar-refractivity contribution < 1.29 is 9.90 Å². The van der Waals surface area contributed by atoms with Gasteiger partial charge in [-0.3, -0.25) is 4.79 Å². The van der Waals surface area contributed by atoms with E-state index in [1.54, 1.807) is 11.3 Å². The molecule has 2 aromatic rings. The lowest BCUT2D eigenvalue weighted by Gasteiger charge is -2.03. The summed E-state index contributed by atoms with van der Waals surface area (Å²) in [5.41, 5.74) is 1.89. The summed E-state index contributed by atoms with van der Waals surface area (Å²) >= 11 is 2.83. The van der Waals surface area contributed by atoms with Crippen LogP contribution in [-0.2, 0) is 11.3 Å². The van der Waals surface area contributed by atoms with Crippen LogP contribution in [0.3, 0.4) is 0 Å². The molecule has 0 saturated heterocycles. The summed E-state index contributed by atoms with van der Waals surface area (Å²) in [5, 5.41) is 12.4. The molecule has 0 atom stereocenters. The molecule has 0 unspecified atom stereocenters. The van der Waals surface area contributed by atoms with Gasteiger partial charge in [0, 0.05) is 17.3 Å². The van der Waals surface area contributed by atoms with Gasteiger partial charge in [0.1, 0.15) is 5.01 Å². The number of rotatable bonds is 5. The summed E-state index contributed by atoms with van der Waals surface area (Å²) in [6.07, 6.45) is 1.92. The van der Waals surface area contributed by atoms with Crippen LogP contribution >= 0.6 is 23.1 Å². The van der Waals surface area contributed by atoms with Crippen LogP contribution in [0.1, 0.15) is 16.4 Å². The van der Waals surface area contributed by atoms with Gasteiger partial charge in [0.15, 0.2) is 5.16 Å². The van der Waals surface area contributed by atoms with E-state index in [1.807, 2.05) is 30.0 Å². The summed E-state index contributed by atoms with van der Waals surface area (Å²) in [6.45, 7) is 4.50. The Morgan fingerprint density at radius 3 is 2.83 bits per heavy atom. The summed E-state index contributed by atoms with van der Waals surface area (Å²) < 4.78 is 1.95. The molecule has 0 spiro atoms. The van der Waals surface area contributed by atoms with Gasteiger partial charge in [-0.15, -0.1) is 11.3 Å². The monoisotopic (exact) mass is 283 g/mol. The Bertz CT molecular complexity index is 562. The van der Waals surface area contributed by atoms with Gasteiger partial charge < -0.3 is 9.67 Å². The Labute approximate surface area is 113 Å². The molecule has 0 aromatic carbocycles. The molecule has 0 aliphatic heterocycles. The van der Waals surface area contributed by atoms with E-state index in [4.69, 9.17) is 5.11 Å². The van der Waals surface area contributed by atoms with E-state index >= 15 is 0 Å². The molecule has 0 fully saturated rings. The number of carboxylic acids is 1. The van der Waals surface area contributed by atoms with Gasteiger partial charge in [0.25, 0.3) is 0 Å². The standard InChI is InChI=1S/C11H13N3O2S2/c1-7-3-14(4-9-12-8(2)5-17-9)11(13-7)18-6-10(15)16/h3,5H,4,6H2,1-2H3,(H,15,16). The number of aromatic nitrogens is 3. The van der Waals surface area contributed by atoms with Crippen LogP contribution in [0.25, 0.3) is 0 Å². The maximum Gasteiger partial charge on any atom is 0.313 e. The molecule has 0 aliphatic rings. The van der Waals surface area contributed by atoms with Crippen molar-refractivity contribution in [2.75, 3.05) is 5.75 Å². The van der Waals surface area contributed by atoms with Crippen molar-refractivity contribution in [3.05, 3.63) is 28.0 Å². The number of thiazole rings is 1. The number of carbonyl (C=O) groups is 1. The van der Waals surface area contributed by atoms with Gasteiger partial charge >= 0.3 is 5.97 Å². The predicted molar refractivity (Wildman–Crippen MR) is 71.3 cm³/mol. The molecule has 0 bridgehead atoms. The first-order chi connectivity index (χ1) is 8.54. The zero-order chi connectivity index (χ0) is 13.1. The second-order valence-corrected chi connectivity index (χ2v) is 5.74. The fourth-order valence-corrected chi connectivity index (χ4v) is 3.01. The molecule has 0 amide bonds. The van der Waals surface area contributed by atoms with Gasteiger partial charge in [0.2, 0.25) is 0 Å². The number of thioether (sulfide) groups is 1. The van der Waals surface area contributed by atoms with Crippen LogP contribution in [0.15, 0.2) is 16.7 Å². The summed E-state index contributed by atoms with van der Waals surface area (Å²) in [4.78, 5) is 19.3. The Kier molecular flexibility index (Phi) is 4.03. The van der Waals surface area contributed by atoms with Crippen molar-refractivity contribution in [1.82, 2.24) is 14.5 Å². The van der Waals surface area contributed by atoms with Crippen LogP contribution in [0.4, 0.5) is 0 Å². The third kappa shape index (κ3) is 3.33. The number of carboxylic acid groups (broad SMARTS) is 1. The topological polar surface area (TPSA) is 68.0 Å². The molecule has 2 heterocycles. The molecule has 2 rings (SSSR count). The van der Waals surface area contributed by atoms with E-state index in [0.29, 0.717) is 6.54 Å². The van der Waals surface area contributed by atoms with Crippen molar-refractivity contribution >= 4 is 29.1 Å². The average molecular weight is 283 g/mol. The lowest BCUT2D eigenvalue weighted by Crippen LogP contribution is -2.03. The minimum atomic E-state index is -0.836. The highest BCUT2D eigenvalue weighted by atomic mass is 32.2. The SMILES string of the molecule is Cc1csc(Cn2cc(C)nc2SCC(=O)O)n1. The van der Waals surface area contributed by atoms with E-state index in [0.717, 1.165) is 21.6 Å². The second kappa shape index (κ2) is 5.53. The Balaban J connectivity index is 2.14. The Hall–Kier alpha value is -1.34. The number of hydrogen-bond acceptors (Lipinski definition) is 5. The molecule has 0 radical (unpaired) electrons. The first kappa shape index (κ1) is 13.1. The zero-order valence-electron chi connectivity index (χ0n) is 10.1. The number of hydrogen-bond donors (Lipinski definition) is 1. The predicted octanol–water partition coefficient (Wildman–Crippen LogP) is 2.18. The number of imidazole rings is 1. The largest absolute Gasteiger partial charge is 0.481 e. The Morgan fingerprint density at radius 1 is 1.44 bits per heavy atom. The second-order valence-electron chi connectivity index (χ2n) is 3.86. The van der Waals surface area contributed by atoms with E-state index in [-0.39, 0.29) is 5.75 Å². The molecular weight excluding hydrogens is 270 g/mol. The van der Waals surface area contributed by atoms with Gasteiger partial charge in [-0.1, -0.05) is 11.8 Å². The fraction of sp³-hybridized carbons (Fsp3) is 0.364. The van der Waals surface area contributed by atoms with E-state index in [2.05, 4.69) is 9.97 Å². The molecule has 1 N–H and O–H groups in total. The minimum Gasteiger partial charge on any atom is -0.481 e. The first-order valence-corrected chi connectivity index (χ1v) is 7.20. The molecule has 7 heteroatoms. The van der Waals surface area contributed by atoms with Crippen molar-refractivity contribution in [3.63, 3.8) is 0 Å². The zero-order valence-corrected chi connectivity index (χ0v) is 11.7. The normalized spacial score (nSPS) is 10.8. The fourth-order valence-electron chi connectivity index (χ4n) is 1.50. The molecular formula is C11H13N3O2S2. The highest BCUT2D eigenvalue weighted by Crippen LogP contribution is 2.20.